The number of sulfone groups is 1. The van der Waals surface area contributed by atoms with Gasteiger partial charge in [0, 0.05) is 48.0 Å². The molecular formula is C23H24N4O3S. The molecule has 3 aromatic rings. The molecule has 31 heavy (non-hydrogen) atoms. The van der Waals surface area contributed by atoms with Crippen molar-refractivity contribution >= 4 is 15.6 Å². The number of Topliss-reactive ketones (excluding diaryl/α,β-unsaturated/α-hetero) is 1. The number of nitrogens with zero attached hydrogens (tertiary/aromatic N) is 4. The van der Waals surface area contributed by atoms with Gasteiger partial charge in [-0.15, -0.1) is 0 Å². The first kappa shape index (κ1) is 21.2. The normalized spacial score (nSPS) is 14.9. The highest BCUT2D eigenvalue weighted by Crippen LogP contribution is 2.30. The first-order chi connectivity index (χ1) is 15.0. The van der Waals surface area contributed by atoms with E-state index in [1.807, 2.05) is 31.2 Å². The van der Waals surface area contributed by atoms with Crippen molar-refractivity contribution in [1.29, 1.82) is 0 Å². The number of rotatable bonds is 9. The maximum absolute atomic E-state index is 13.0. The average molecular weight is 437 g/mol. The lowest BCUT2D eigenvalue weighted by atomic mass is 9.93. The minimum absolute atomic E-state index is 0.00109. The SMILES string of the molecule is CCC(C(=O)Cc1ccc(-c2cccnc2)cn1)c1ccnc(CS(=O)(=O)C2CC2)n1. The molecule has 0 aliphatic heterocycles. The molecule has 1 aliphatic carbocycles. The molecule has 0 radical (unpaired) electrons. The van der Waals surface area contributed by atoms with Crippen molar-refractivity contribution in [2.75, 3.05) is 0 Å². The number of hydrogen-bond donors (Lipinski definition) is 0. The topological polar surface area (TPSA) is 103 Å². The number of hydrogen-bond acceptors (Lipinski definition) is 7. The van der Waals surface area contributed by atoms with E-state index in [2.05, 4.69) is 19.9 Å². The van der Waals surface area contributed by atoms with Crippen LogP contribution in [0.4, 0.5) is 0 Å². The van der Waals surface area contributed by atoms with Gasteiger partial charge in [-0.3, -0.25) is 14.8 Å². The van der Waals surface area contributed by atoms with Gasteiger partial charge in [0.2, 0.25) is 0 Å². The number of carbonyl (C=O) groups is 1. The number of aromatic nitrogens is 4. The lowest BCUT2D eigenvalue weighted by Gasteiger charge is -2.14. The molecule has 4 rings (SSSR count). The van der Waals surface area contributed by atoms with Crippen LogP contribution < -0.4 is 0 Å². The summed E-state index contributed by atoms with van der Waals surface area (Å²) in [6, 6.07) is 9.29. The second-order valence-corrected chi connectivity index (χ2v) is 10.1. The molecule has 0 aromatic carbocycles. The molecule has 8 heteroatoms. The summed E-state index contributed by atoms with van der Waals surface area (Å²) in [5.74, 6) is -0.341. The van der Waals surface area contributed by atoms with Crippen LogP contribution in [0.1, 0.15) is 49.3 Å². The van der Waals surface area contributed by atoms with Crippen LogP contribution in [-0.2, 0) is 26.8 Å². The number of carbonyl (C=O) groups excluding carboxylic acids is 1. The minimum Gasteiger partial charge on any atom is -0.299 e. The maximum Gasteiger partial charge on any atom is 0.160 e. The van der Waals surface area contributed by atoms with E-state index in [-0.39, 0.29) is 29.0 Å². The third-order valence-corrected chi connectivity index (χ3v) is 7.57. The van der Waals surface area contributed by atoms with Crippen LogP contribution in [0.2, 0.25) is 0 Å². The second kappa shape index (κ2) is 9.01. The predicted molar refractivity (Wildman–Crippen MR) is 117 cm³/mol. The molecule has 3 aromatic heterocycles. The Morgan fingerprint density at radius 2 is 1.87 bits per heavy atom. The van der Waals surface area contributed by atoms with Crippen molar-refractivity contribution in [2.24, 2.45) is 0 Å². The molecule has 1 atom stereocenters. The summed E-state index contributed by atoms with van der Waals surface area (Å²) < 4.78 is 24.5. The van der Waals surface area contributed by atoms with Gasteiger partial charge in [-0.1, -0.05) is 19.1 Å². The highest BCUT2D eigenvalue weighted by Gasteiger charge is 2.36. The van der Waals surface area contributed by atoms with Gasteiger partial charge in [0.15, 0.2) is 9.84 Å². The second-order valence-electron chi connectivity index (χ2n) is 7.79. The van der Waals surface area contributed by atoms with Gasteiger partial charge in [-0.25, -0.2) is 18.4 Å². The monoisotopic (exact) mass is 436 g/mol. The number of pyridine rings is 2. The molecule has 0 spiro atoms. The molecule has 1 fully saturated rings. The molecule has 7 nitrogen and oxygen atoms in total. The summed E-state index contributed by atoms with van der Waals surface area (Å²) in [7, 11) is -3.21. The van der Waals surface area contributed by atoms with Crippen LogP contribution >= 0.6 is 0 Å². The molecule has 1 saturated carbocycles. The van der Waals surface area contributed by atoms with Crippen LogP contribution in [0.15, 0.2) is 55.1 Å². The van der Waals surface area contributed by atoms with Crippen molar-refractivity contribution in [1.82, 2.24) is 19.9 Å². The zero-order valence-corrected chi connectivity index (χ0v) is 18.1. The fraction of sp³-hybridized carbons (Fsp3) is 0.348. The summed E-state index contributed by atoms with van der Waals surface area (Å²) in [5, 5.41) is -0.260. The Morgan fingerprint density at radius 3 is 2.52 bits per heavy atom. The van der Waals surface area contributed by atoms with Crippen molar-refractivity contribution in [2.45, 2.75) is 49.5 Å². The van der Waals surface area contributed by atoms with Gasteiger partial charge in [-0.2, -0.15) is 0 Å². The van der Waals surface area contributed by atoms with E-state index in [1.54, 1.807) is 24.7 Å². The van der Waals surface area contributed by atoms with E-state index in [9.17, 15) is 13.2 Å². The highest BCUT2D eigenvalue weighted by atomic mass is 32.2. The molecular weight excluding hydrogens is 412 g/mol. The average Bonchev–Trinajstić information content (AvgIpc) is 3.62. The first-order valence-electron chi connectivity index (χ1n) is 10.4. The third kappa shape index (κ3) is 5.19. The van der Waals surface area contributed by atoms with Gasteiger partial charge >= 0.3 is 0 Å². The van der Waals surface area contributed by atoms with E-state index in [0.717, 1.165) is 11.1 Å². The van der Waals surface area contributed by atoms with Crippen LogP contribution in [-0.4, -0.2) is 39.4 Å². The summed E-state index contributed by atoms with van der Waals surface area (Å²) in [5.41, 5.74) is 3.15. The zero-order chi connectivity index (χ0) is 21.8. The third-order valence-electron chi connectivity index (χ3n) is 5.42. The number of ketones is 1. The summed E-state index contributed by atoms with van der Waals surface area (Å²) in [6.07, 6.45) is 8.95. The van der Waals surface area contributed by atoms with E-state index in [4.69, 9.17) is 0 Å². The van der Waals surface area contributed by atoms with Crippen molar-refractivity contribution in [3.05, 3.63) is 72.3 Å². The summed E-state index contributed by atoms with van der Waals surface area (Å²) in [6.45, 7) is 1.92. The standard InChI is InChI=1S/C23H24N4O3S/c1-2-20(21-9-11-25-23(27-21)15-31(29,30)19-7-8-19)22(28)12-18-6-5-17(14-26-18)16-4-3-10-24-13-16/h3-6,9-11,13-14,19-20H,2,7-8,12,15H2,1H3. The Morgan fingerprint density at radius 1 is 1.06 bits per heavy atom. The zero-order valence-electron chi connectivity index (χ0n) is 17.3. The van der Waals surface area contributed by atoms with Crippen LogP contribution in [0.25, 0.3) is 11.1 Å². The van der Waals surface area contributed by atoms with E-state index >= 15 is 0 Å². The molecule has 0 bridgehead atoms. The Balaban J connectivity index is 1.46. The highest BCUT2D eigenvalue weighted by molar-refractivity contribution is 7.91. The summed E-state index contributed by atoms with van der Waals surface area (Å²) >= 11 is 0. The van der Waals surface area contributed by atoms with Crippen LogP contribution in [0.5, 0.6) is 0 Å². The Bertz CT molecular complexity index is 1160. The quantitative estimate of drug-likeness (QED) is 0.507. The van der Waals surface area contributed by atoms with E-state index in [0.29, 0.717) is 30.7 Å². The van der Waals surface area contributed by atoms with Gasteiger partial charge in [0.25, 0.3) is 0 Å². The predicted octanol–water partition coefficient (Wildman–Crippen LogP) is 3.32. The lowest BCUT2D eigenvalue weighted by Crippen LogP contribution is -2.18. The van der Waals surface area contributed by atoms with Crippen LogP contribution in [0.3, 0.4) is 0 Å². The van der Waals surface area contributed by atoms with Gasteiger partial charge in [0.1, 0.15) is 17.4 Å². The lowest BCUT2D eigenvalue weighted by molar-refractivity contribution is -0.120. The van der Waals surface area contributed by atoms with Crippen molar-refractivity contribution in [3.63, 3.8) is 0 Å². The smallest absolute Gasteiger partial charge is 0.160 e. The fourth-order valence-corrected chi connectivity index (χ4v) is 5.13. The Labute approximate surface area is 181 Å². The van der Waals surface area contributed by atoms with E-state index < -0.39 is 15.8 Å². The Kier molecular flexibility index (Phi) is 6.18. The van der Waals surface area contributed by atoms with Crippen LogP contribution in [0, 0.1) is 0 Å². The molecule has 1 unspecified atom stereocenters. The molecule has 0 N–H and O–H groups in total. The van der Waals surface area contributed by atoms with Gasteiger partial charge < -0.3 is 0 Å². The first-order valence-corrected chi connectivity index (χ1v) is 12.1. The minimum atomic E-state index is -3.21. The van der Waals surface area contributed by atoms with E-state index in [1.165, 1.54) is 6.20 Å². The molecule has 0 amide bonds. The molecule has 3 heterocycles. The maximum atomic E-state index is 13.0. The molecule has 1 aliphatic rings. The van der Waals surface area contributed by atoms with Crippen molar-refractivity contribution < 1.29 is 13.2 Å². The van der Waals surface area contributed by atoms with Gasteiger partial charge in [0.05, 0.1) is 16.9 Å². The molecule has 0 saturated heterocycles. The molecule has 160 valence electrons. The largest absolute Gasteiger partial charge is 0.299 e. The fourth-order valence-electron chi connectivity index (χ4n) is 3.54. The van der Waals surface area contributed by atoms with Crippen molar-refractivity contribution in [3.8, 4) is 11.1 Å². The summed E-state index contributed by atoms with van der Waals surface area (Å²) in [4.78, 5) is 30.1. The Hall–Kier alpha value is -3.00. The van der Waals surface area contributed by atoms with Gasteiger partial charge in [-0.05, 0) is 37.5 Å².